The van der Waals surface area contributed by atoms with Crippen LogP contribution in [0.3, 0.4) is 0 Å². The first-order chi connectivity index (χ1) is 24.9. The lowest BCUT2D eigenvalue weighted by molar-refractivity contribution is -0.134. The Balaban J connectivity index is 0.923. The van der Waals surface area contributed by atoms with Crippen molar-refractivity contribution in [2.24, 2.45) is 12.5 Å². The van der Waals surface area contributed by atoms with Crippen molar-refractivity contribution < 1.29 is 18.8 Å². The first-order valence-corrected chi connectivity index (χ1v) is 18.7. The monoisotopic (exact) mass is 731 g/mol. The molecule has 3 atom stereocenters. The van der Waals surface area contributed by atoms with Gasteiger partial charge in [0.15, 0.2) is 0 Å². The van der Waals surface area contributed by atoms with Crippen LogP contribution in [0.15, 0.2) is 47.4 Å². The third-order valence-electron chi connectivity index (χ3n) is 11.9. The first kappa shape index (κ1) is 36.1. The molecule has 4 aliphatic rings. The molecule has 52 heavy (non-hydrogen) atoms. The molecule has 7 rings (SSSR count). The number of likely N-dealkylation sites (N-methyl/N-ethyl adjacent to an activating group) is 1. The minimum Gasteiger partial charge on any atom is -0.378 e. The van der Waals surface area contributed by atoms with Gasteiger partial charge in [0, 0.05) is 75.6 Å². The molecule has 4 aliphatic heterocycles. The van der Waals surface area contributed by atoms with Gasteiger partial charge in [-0.3, -0.25) is 24.5 Å². The highest BCUT2D eigenvalue weighted by Gasteiger charge is 2.39. The standard InChI is InChI=1S/C39H47ClFN7O4/c1-24-18-30(29-8-9-34(49)44-36(29)50)31(41)20-33(24)47-14-10-39(11-15-47)12-16-48(17-13-39)37(51)26-6-4-25(5-7-26)27-19-28(23-45(2)22-27)43-32-21-42-46(3)38(52)35(32)40/h4-7,18,20-21,27-29,43H,8-17,19,22-23H2,1-3H3,(H,44,49,50)/t27-,28+,29?/m1/s1. The molecule has 1 aromatic heterocycles. The summed E-state index contributed by atoms with van der Waals surface area (Å²) in [4.78, 5) is 56.3. The zero-order valence-corrected chi connectivity index (χ0v) is 30.8. The quantitative estimate of drug-likeness (QED) is 0.347. The third kappa shape index (κ3) is 7.32. The average molecular weight is 732 g/mol. The Kier molecular flexibility index (Phi) is 10.1. The van der Waals surface area contributed by atoms with E-state index in [0.717, 1.165) is 82.6 Å². The maximum absolute atomic E-state index is 15.4. The fraction of sp³-hybridized carbons (Fsp3) is 0.513. The Labute approximate surface area is 308 Å². The molecule has 0 radical (unpaired) electrons. The van der Waals surface area contributed by atoms with Crippen molar-refractivity contribution in [2.45, 2.75) is 69.7 Å². The number of rotatable bonds is 6. The second-order valence-corrected chi connectivity index (χ2v) is 15.7. The van der Waals surface area contributed by atoms with E-state index in [1.807, 2.05) is 24.0 Å². The molecule has 0 aliphatic carbocycles. The molecule has 11 nitrogen and oxygen atoms in total. The highest BCUT2D eigenvalue weighted by Crippen LogP contribution is 2.43. The van der Waals surface area contributed by atoms with Gasteiger partial charge in [-0.05, 0) is 93.2 Å². The molecule has 4 fully saturated rings. The van der Waals surface area contributed by atoms with E-state index >= 15 is 4.39 Å². The number of aromatic nitrogens is 2. The van der Waals surface area contributed by atoms with Crippen LogP contribution in [0.1, 0.15) is 83.8 Å². The summed E-state index contributed by atoms with van der Waals surface area (Å²) in [5.41, 5.74) is 4.40. The maximum Gasteiger partial charge on any atom is 0.287 e. The summed E-state index contributed by atoms with van der Waals surface area (Å²) in [6.45, 7) is 6.72. The molecular formula is C39H47ClFN7O4. The van der Waals surface area contributed by atoms with Crippen molar-refractivity contribution in [3.63, 3.8) is 0 Å². The minimum absolute atomic E-state index is 0.0640. The number of likely N-dealkylation sites (tertiary alicyclic amines) is 2. The number of halogens is 2. The number of amides is 3. The fourth-order valence-corrected chi connectivity index (χ4v) is 9.00. The zero-order chi connectivity index (χ0) is 36.7. The topological polar surface area (TPSA) is 120 Å². The van der Waals surface area contributed by atoms with E-state index in [9.17, 15) is 19.2 Å². The number of piperidine rings is 4. The molecule has 2 N–H and O–H groups in total. The summed E-state index contributed by atoms with van der Waals surface area (Å²) in [6.07, 6.45) is 6.85. The largest absolute Gasteiger partial charge is 0.378 e. The minimum atomic E-state index is -0.645. The maximum atomic E-state index is 15.4. The Morgan fingerprint density at radius 1 is 1.00 bits per heavy atom. The van der Waals surface area contributed by atoms with Gasteiger partial charge in [-0.15, -0.1) is 0 Å². The van der Waals surface area contributed by atoms with E-state index in [1.54, 1.807) is 25.4 Å². The molecule has 1 unspecified atom stereocenters. The third-order valence-corrected chi connectivity index (χ3v) is 12.3. The van der Waals surface area contributed by atoms with Gasteiger partial charge in [0.25, 0.3) is 11.5 Å². The van der Waals surface area contributed by atoms with Gasteiger partial charge in [0.05, 0.1) is 17.8 Å². The van der Waals surface area contributed by atoms with Crippen molar-refractivity contribution in [1.29, 1.82) is 0 Å². The van der Waals surface area contributed by atoms with Crippen molar-refractivity contribution >= 4 is 40.7 Å². The average Bonchev–Trinajstić information content (AvgIpc) is 3.13. The number of hydrogen-bond donors (Lipinski definition) is 2. The molecule has 276 valence electrons. The lowest BCUT2D eigenvalue weighted by Gasteiger charge is -2.47. The van der Waals surface area contributed by atoms with Crippen molar-refractivity contribution in [2.75, 3.05) is 56.5 Å². The molecular weight excluding hydrogens is 685 g/mol. The van der Waals surface area contributed by atoms with E-state index in [2.05, 4.69) is 44.7 Å². The smallest absolute Gasteiger partial charge is 0.287 e. The van der Waals surface area contributed by atoms with Crippen molar-refractivity contribution in [1.82, 2.24) is 24.9 Å². The lowest BCUT2D eigenvalue weighted by Crippen LogP contribution is -2.48. The Hall–Kier alpha value is -4.29. The van der Waals surface area contributed by atoms with Crippen LogP contribution in [0.5, 0.6) is 0 Å². The number of carbonyl (C=O) groups is 3. The zero-order valence-electron chi connectivity index (χ0n) is 30.1. The number of benzene rings is 2. The highest BCUT2D eigenvalue weighted by molar-refractivity contribution is 6.32. The number of carbonyl (C=O) groups excluding carboxylic acids is 3. The highest BCUT2D eigenvalue weighted by atomic mass is 35.5. The molecule has 2 aromatic carbocycles. The van der Waals surface area contributed by atoms with Crippen LogP contribution >= 0.6 is 11.6 Å². The van der Waals surface area contributed by atoms with Crippen LogP contribution in [-0.4, -0.2) is 89.7 Å². The van der Waals surface area contributed by atoms with Crippen LogP contribution in [0, 0.1) is 18.2 Å². The molecule has 13 heteroatoms. The normalized spacial score (nSPS) is 23.8. The SMILES string of the molecule is Cc1cc(C2CCC(=O)NC2=O)c(F)cc1N1CCC2(CCN(C(=O)c3ccc([C@@H]4C[C@H](Nc5cnn(C)c(=O)c5Cl)CN(C)C4)cc3)CC2)CC1. The van der Waals surface area contributed by atoms with Gasteiger partial charge in [0.1, 0.15) is 10.8 Å². The van der Waals surface area contributed by atoms with Crippen LogP contribution in [0.4, 0.5) is 15.8 Å². The van der Waals surface area contributed by atoms with Gasteiger partial charge in [0.2, 0.25) is 11.8 Å². The second kappa shape index (κ2) is 14.6. The molecule has 0 saturated carbocycles. The number of hydrogen-bond acceptors (Lipinski definition) is 8. The Morgan fingerprint density at radius 2 is 1.69 bits per heavy atom. The number of nitrogens with one attached hydrogen (secondary N) is 2. The Morgan fingerprint density at radius 3 is 2.38 bits per heavy atom. The summed E-state index contributed by atoms with van der Waals surface area (Å²) < 4.78 is 16.6. The Bertz CT molecular complexity index is 1920. The van der Waals surface area contributed by atoms with E-state index in [4.69, 9.17) is 11.6 Å². The van der Waals surface area contributed by atoms with Crippen LogP contribution in [0.25, 0.3) is 0 Å². The van der Waals surface area contributed by atoms with Crippen molar-refractivity contribution in [3.05, 3.63) is 86.0 Å². The van der Waals surface area contributed by atoms with Gasteiger partial charge in [-0.1, -0.05) is 29.8 Å². The predicted molar refractivity (Wildman–Crippen MR) is 198 cm³/mol. The number of imide groups is 1. The van der Waals surface area contributed by atoms with E-state index < -0.39 is 17.6 Å². The summed E-state index contributed by atoms with van der Waals surface area (Å²) in [6, 6.07) is 11.5. The van der Waals surface area contributed by atoms with Crippen LogP contribution in [-0.2, 0) is 16.6 Å². The molecule has 4 saturated heterocycles. The van der Waals surface area contributed by atoms with Gasteiger partial charge in [-0.25, -0.2) is 9.07 Å². The molecule has 5 heterocycles. The number of aryl methyl sites for hydroxylation is 2. The van der Waals surface area contributed by atoms with Gasteiger partial charge >= 0.3 is 0 Å². The summed E-state index contributed by atoms with van der Waals surface area (Å²) in [5.74, 6) is -1.46. The van der Waals surface area contributed by atoms with Gasteiger partial charge < -0.3 is 20.0 Å². The van der Waals surface area contributed by atoms with Crippen LogP contribution < -0.4 is 21.1 Å². The van der Waals surface area contributed by atoms with Crippen LogP contribution in [0.2, 0.25) is 5.02 Å². The van der Waals surface area contributed by atoms with E-state index in [1.165, 1.54) is 10.2 Å². The second-order valence-electron chi connectivity index (χ2n) is 15.4. The summed E-state index contributed by atoms with van der Waals surface area (Å²) >= 11 is 6.32. The number of anilines is 2. The number of nitrogens with zero attached hydrogens (tertiary/aromatic N) is 5. The molecule has 3 aromatic rings. The summed E-state index contributed by atoms with van der Waals surface area (Å²) in [5, 5.41) is 10.0. The lowest BCUT2D eigenvalue weighted by atomic mass is 9.71. The fourth-order valence-electron chi connectivity index (χ4n) is 8.77. The summed E-state index contributed by atoms with van der Waals surface area (Å²) in [7, 11) is 3.66. The van der Waals surface area contributed by atoms with Crippen molar-refractivity contribution in [3.8, 4) is 0 Å². The molecule has 0 bridgehead atoms. The predicted octanol–water partition coefficient (Wildman–Crippen LogP) is 4.82. The van der Waals surface area contributed by atoms with E-state index in [0.29, 0.717) is 23.2 Å². The first-order valence-electron chi connectivity index (χ1n) is 18.3. The van der Waals surface area contributed by atoms with E-state index in [-0.39, 0.29) is 46.2 Å². The molecule has 3 amide bonds. The molecule has 1 spiro atoms. The van der Waals surface area contributed by atoms with Gasteiger partial charge in [-0.2, -0.15) is 5.10 Å².